The molecular formula is C12H17ClN6O2S. The van der Waals surface area contributed by atoms with Gasteiger partial charge in [0.25, 0.3) is 10.0 Å². The van der Waals surface area contributed by atoms with Crippen LogP contribution in [0.15, 0.2) is 11.2 Å². The molecule has 0 unspecified atom stereocenters. The van der Waals surface area contributed by atoms with Crippen LogP contribution in [0.2, 0.25) is 5.02 Å². The van der Waals surface area contributed by atoms with Crippen molar-refractivity contribution in [3.63, 3.8) is 0 Å². The van der Waals surface area contributed by atoms with Gasteiger partial charge in [0, 0.05) is 13.6 Å². The van der Waals surface area contributed by atoms with E-state index in [4.69, 9.17) is 11.6 Å². The fraction of sp³-hybridized carbons (Fsp3) is 0.583. The molecule has 0 spiro atoms. The molecule has 1 atom stereocenters. The second-order valence-electron chi connectivity index (χ2n) is 5.33. The Morgan fingerprint density at radius 1 is 1.41 bits per heavy atom. The number of H-pyrrole nitrogens is 1. The van der Waals surface area contributed by atoms with E-state index in [9.17, 15) is 8.42 Å². The first kappa shape index (κ1) is 15.4. The first-order valence-electron chi connectivity index (χ1n) is 6.99. The lowest BCUT2D eigenvalue weighted by molar-refractivity contribution is 0.245. The third kappa shape index (κ3) is 2.53. The molecule has 0 saturated carbocycles. The maximum Gasteiger partial charge on any atom is 0.262 e. The number of aryl methyl sites for hydroxylation is 2. The summed E-state index contributed by atoms with van der Waals surface area (Å²) in [5.41, 5.74) is 0. The average molecular weight is 345 g/mol. The van der Waals surface area contributed by atoms with Crippen LogP contribution in [0, 0.1) is 6.92 Å². The second kappa shape index (κ2) is 5.64. The normalized spacial score (nSPS) is 20.4. The van der Waals surface area contributed by atoms with E-state index in [0.717, 1.165) is 12.8 Å². The summed E-state index contributed by atoms with van der Waals surface area (Å²) < 4.78 is 28.7. The van der Waals surface area contributed by atoms with Gasteiger partial charge in [-0.25, -0.2) is 13.4 Å². The minimum absolute atomic E-state index is 0.00771. The molecule has 0 aliphatic carbocycles. The Balaban J connectivity index is 2.04. The van der Waals surface area contributed by atoms with E-state index in [2.05, 4.69) is 20.3 Å². The van der Waals surface area contributed by atoms with Crippen molar-refractivity contribution in [3.8, 4) is 0 Å². The molecule has 22 heavy (non-hydrogen) atoms. The topological polar surface area (TPSA) is 96.8 Å². The van der Waals surface area contributed by atoms with Crippen molar-refractivity contribution in [2.24, 2.45) is 7.05 Å². The lowest BCUT2D eigenvalue weighted by atomic mass is 10.0. The summed E-state index contributed by atoms with van der Waals surface area (Å²) in [5.74, 6) is 1.16. The molecule has 10 heteroatoms. The maximum atomic E-state index is 13.0. The molecule has 3 rings (SSSR count). The summed E-state index contributed by atoms with van der Waals surface area (Å²) in [6.07, 6.45) is 3.76. The summed E-state index contributed by atoms with van der Waals surface area (Å²) in [6.45, 7) is 2.21. The van der Waals surface area contributed by atoms with E-state index in [-0.39, 0.29) is 16.1 Å². The van der Waals surface area contributed by atoms with Crippen molar-refractivity contribution in [1.82, 2.24) is 29.3 Å². The molecule has 1 N–H and O–H groups in total. The third-order valence-electron chi connectivity index (χ3n) is 3.76. The molecule has 2 aromatic heterocycles. The Kier molecular flexibility index (Phi) is 3.96. The SMILES string of the molecule is Cc1nc([C@@H]2CCCCN2S(=O)(=O)c2c(Cl)cnn2C)n[nH]1. The van der Waals surface area contributed by atoms with E-state index >= 15 is 0 Å². The van der Waals surface area contributed by atoms with Crippen molar-refractivity contribution in [2.75, 3.05) is 6.54 Å². The van der Waals surface area contributed by atoms with Crippen LogP contribution in [0.1, 0.15) is 37.0 Å². The third-order valence-corrected chi connectivity index (χ3v) is 6.18. The Labute approximate surface area is 133 Å². The van der Waals surface area contributed by atoms with E-state index in [0.29, 0.717) is 24.6 Å². The van der Waals surface area contributed by atoms with Gasteiger partial charge in [-0.15, -0.1) is 0 Å². The Morgan fingerprint density at radius 2 is 2.18 bits per heavy atom. The van der Waals surface area contributed by atoms with Crippen LogP contribution in [-0.2, 0) is 17.1 Å². The monoisotopic (exact) mass is 344 g/mol. The van der Waals surface area contributed by atoms with Crippen LogP contribution >= 0.6 is 11.6 Å². The van der Waals surface area contributed by atoms with Gasteiger partial charge in [-0.2, -0.15) is 14.5 Å². The molecular weight excluding hydrogens is 328 g/mol. The van der Waals surface area contributed by atoms with Crippen LogP contribution in [0.25, 0.3) is 0 Å². The quantitative estimate of drug-likeness (QED) is 0.908. The number of sulfonamides is 1. The van der Waals surface area contributed by atoms with Crippen LogP contribution in [0.5, 0.6) is 0 Å². The van der Waals surface area contributed by atoms with E-state index in [1.807, 2.05) is 0 Å². The molecule has 3 heterocycles. The molecule has 1 saturated heterocycles. The fourth-order valence-corrected chi connectivity index (χ4v) is 5.03. The molecule has 1 fully saturated rings. The molecule has 1 aliphatic rings. The lowest BCUT2D eigenvalue weighted by Gasteiger charge is -2.32. The van der Waals surface area contributed by atoms with Gasteiger partial charge in [-0.1, -0.05) is 18.0 Å². The van der Waals surface area contributed by atoms with Crippen LogP contribution in [-0.4, -0.2) is 44.2 Å². The summed E-state index contributed by atoms with van der Waals surface area (Å²) in [6, 6.07) is -0.380. The van der Waals surface area contributed by atoms with Crippen molar-refractivity contribution >= 4 is 21.6 Å². The predicted molar refractivity (Wildman–Crippen MR) is 79.8 cm³/mol. The number of aromatic amines is 1. The van der Waals surface area contributed by atoms with Crippen LogP contribution in [0.4, 0.5) is 0 Å². The zero-order chi connectivity index (χ0) is 15.9. The largest absolute Gasteiger partial charge is 0.263 e. The Bertz CT molecular complexity index is 764. The highest BCUT2D eigenvalue weighted by molar-refractivity contribution is 7.89. The van der Waals surface area contributed by atoms with Gasteiger partial charge in [-0.05, 0) is 19.8 Å². The summed E-state index contributed by atoms with van der Waals surface area (Å²) in [4.78, 5) is 4.30. The summed E-state index contributed by atoms with van der Waals surface area (Å²) in [5, 5.41) is 11.0. The van der Waals surface area contributed by atoms with E-state index < -0.39 is 10.0 Å². The standard InChI is InChI=1S/C12H17ClN6O2S/c1-8-15-11(17-16-8)10-5-3-4-6-19(10)22(20,21)12-9(13)7-14-18(12)2/h7,10H,3-6H2,1-2H3,(H,15,16,17)/t10-/m0/s1. The number of piperidine rings is 1. The van der Waals surface area contributed by atoms with Crippen LogP contribution in [0.3, 0.4) is 0 Å². The van der Waals surface area contributed by atoms with Gasteiger partial charge in [0.1, 0.15) is 5.82 Å². The zero-order valence-electron chi connectivity index (χ0n) is 12.3. The molecule has 0 aromatic carbocycles. The van der Waals surface area contributed by atoms with E-state index in [1.165, 1.54) is 15.2 Å². The minimum atomic E-state index is -3.76. The number of nitrogens with one attached hydrogen (secondary N) is 1. The lowest BCUT2D eigenvalue weighted by Crippen LogP contribution is -2.39. The highest BCUT2D eigenvalue weighted by atomic mass is 35.5. The van der Waals surface area contributed by atoms with Crippen molar-refractivity contribution < 1.29 is 8.42 Å². The molecule has 1 aliphatic heterocycles. The van der Waals surface area contributed by atoms with Crippen molar-refractivity contribution in [2.45, 2.75) is 37.3 Å². The van der Waals surface area contributed by atoms with Gasteiger partial charge >= 0.3 is 0 Å². The van der Waals surface area contributed by atoms with Crippen molar-refractivity contribution in [3.05, 3.63) is 22.9 Å². The first-order valence-corrected chi connectivity index (χ1v) is 8.81. The molecule has 2 aromatic rings. The van der Waals surface area contributed by atoms with Gasteiger partial charge in [0.05, 0.1) is 17.3 Å². The first-order chi connectivity index (χ1) is 10.4. The average Bonchev–Trinajstić information content (AvgIpc) is 3.05. The number of hydrogen-bond donors (Lipinski definition) is 1. The smallest absolute Gasteiger partial charge is 0.262 e. The summed E-state index contributed by atoms with van der Waals surface area (Å²) in [7, 11) is -2.20. The fourth-order valence-electron chi connectivity index (χ4n) is 2.76. The highest BCUT2D eigenvalue weighted by Gasteiger charge is 2.39. The van der Waals surface area contributed by atoms with Gasteiger partial charge in [0.2, 0.25) is 0 Å². The summed E-state index contributed by atoms with van der Waals surface area (Å²) >= 11 is 6.02. The molecule has 0 radical (unpaired) electrons. The number of halogens is 1. The highest BCUT2D eigenvalue weighted by Crippen LogP contribution is 2.35. The predicted octanol–water partition coefficient (Wildman–Crippen LogP) is 1.42. The number of aromatic nitrogens is 5. The molecule has 8 nitrogen and oxygen atoms in total. The number of hydrogen-bond acceptors (Lipinski definition) is 5. The Morgan fingerprint density at radius 3 is 2.77 bits per heavy atom. The van der Waals surface area contributed by atoms with Gasteiger partial charge in [0.15, 0.2) is 10.9 Å². The second-order valence-corrected chi connectivity index (χ2v) is 7.54. The van der Waals surface area contributed by atoms with E-state index in [1.54, 1.807) is 14.0 Å². The minimum Gasteiger partial charge on any atom is -0.263 e. The molecule has 0 bridgehead atoms. The molecule has 120 valence electrons. The Hall–Kier alpha value is -1.45. The van der Waals surface area contributed by atoms with Gasteiger partial charge < -0.3 is 0 Å². The molecule has 0 amide bonds. The van der Waals surface area contributed by atoms with Crippen LogP contribution < -0.4 is 0 Å². The maximum absolute atomic E-state index is 13.0. The number of nitrogens with zero attached hydrogens (tertiary/aromatic N) is 5. The van der Waals surface area contributed by atoms with Crippen molar-refractivity contribution in [1.29, 1.82) is 0 Å². The zero-order valence-corrected chi connectivity index (χ0v) is 13.9. The van der Waals surface area contributed by atoms with Gasteiger partial charge in [-0.3, -0.25) is 9.78 Å². The number of rotatable bonds is 3.